The number of hydrogen-bond acceptors (Lipinski definition) is 3. The van der Waals surface area contributed by atoms with Crippen molar-refractivity contribution in [1.29, 1.82) is 0 Å². The molecule has 5 N–H and O–H groups in total. The molecule has 0 atom stereocenters. The van der Waals surface area contributed by atoms with Gasteiger partial charge < -0.3 is 21.2 Å². The number of carbonyl (C=O) groups is 2. The van der Waals surface area contributed by atoms with E-state index >= 15 is 0 Å². The molecule has 0 heterocycles. The second kappa shape index (κ2) is 16.3. The molecule has 0 aromatic heterocycles. The van der Waals surface area contributed by atoms with Crippen LogP contribution in [-0.4, -0.2) is 41.1 Å². The Morgan fingerprint density at radius 1 is 0.920 bits per heavy atom. The molecule has 0 saturated carbocycles. The first-order valence-electron chi connectivity index (χ1n) is 9.61. The smallest absolute Gasteiger partial charge is 0.317 e. The molecule has 0 aliphatic rings. The minimum atomic E-state index is -0.863. The van der Waals surface area contributed by atoms with Crippen LogP contribution in [0.5, 0.6) is 0 Å². The molecule has 0 saturated heterocycles. The van der Waals surface area contributed by atoms with Crippen LogP contribution in [-0.2, 0) is 9.59 Å². The molecule has 6 heteroatoms. The quantitative estimate of drug-likeness (QED) is 0.367. The average Bonchev–Trinajstić information content (AvgIpc) is 2.51. The Balaban J connectivity index is 0. The van der Waals surface area contributed by atoms with Crippen molar-refractivity contribution in [3.63, 3.8) is 0 Å². The minimum absolute atomic E-state index is 0. The van der Waals surface area contributed by atoms with Crippen LogP contribution in [0.4, 0.5) is 0 Å². The van der Waals surface area contributed by atoms with Crippen molar-refractivity contribution in [2.45, 2.75) is 96.9 Å². The Hall–Kier alpha value is -1.14. The molecule has 6 nitrogen and oxygen atoms in total. The summed E-state index contributed by atoms with van der Waals surface area (Å²) in [5.74, 6) is -0.760. The SMILES string of the molecule is CCCCCCCCCCCC(=O)NCCC(C)(C)NCC(=O)O.O. The summed E-state index contributed by atoms with van der Waals surface area (Å²) in [5.41, 5.74) is -0.288. The van der Waals surface area contributed by atoms with Crippen LogP contribution in [0, 0.1) is 0 Å². The predicted molar refractivity (Wildman–Crippen MR) is 103 cm³/mol. The Kier molecular flexibility index (Phi) is 17.0. The van der Waals surface area contributed by atoms with Crippen molar-refractivity contribution in [3.05, 3.63) is 0 Å². The standard InChI is InChI=1S/C19H38N2O3.H2O/c1-4-5-6-7-8-9-10-11-12-13-17(22)20-15-14-19(2,3)21-16-18(23)24;/h21H,4-16H2,1-3H3,(H,20,22)(H,23,24);1H2. The fourth-order valence-electron chi connectivity index (χ4n) is 2.60. The highest BCUT2D eigenvalue weighted by Crippen LogP contribution is 2.10. The number of rotatable bonds is 16. The number of hydrogen-bond donors (Lipinski definition) is 3. The summed E-state index contributed by atoms with van der Waals surface area (Å²) in [6.07, 6.45) is 12.6. The molecule has 1 amide bonds. The van der Waals surface area contributed by atoms with Crippen LogP contribution >= 0.6 is 0 Å². The molecule has 0 spiro atoms. The van der Waals surface area contributed by atoms with Crippen LogP contribution < -0.4 is 10.6 Å². The van der Waals surface area contributed by atoms with Gasteiger partial charge in [0.15, 0.2) is 0 Å². The van der Waals surface area contributed by atoms with Gasteiger partial charge in [-0.15, -0.1) is 0 Å². The molecule has 0 fully saturated rings. The monoisotopic (exact) mass is 360 g/mol. The fraction of sp³-hybridized carbons (Fsp3) is 0.895. The van der Waals surface area contributed by atoms with E-state index in [1.165, 1.54) is 44.9 Å². The van der Waals surface area contributed by atoms with E-state index in [-0.39, 0.29) is 23.5 Å². The maximum absolute atomic E-state index is 11.8. The van der Waals surface area contributed by atoms with Gasteiger partial charge in [0.1, 0.15) is 0 Å². The maximum atomic E-state index is 11.8. The van der Waals surface area contributed by atoms with Gasteiger partial charge in [-0.1, -0.05) is 58.3 Å². The van der Waals surface area contributed by atoms with Crippen molar-refractivity contribution in [1.82, 2.24) is 10.6 Å². The highest BCUT2D eigenvalue weighted by atomic mass is 16.4. The first-order valence-corrected chi connectivity index (χ1v) is 9.61. The molecule has 0 aromatic rings. The summed E-state index contributed by atoms with van der Waals surface area (Å²) in [7, 11) is 0. The van der Waals surface area contributed by atoms with E-state index in [0.29, 0.717) is 19.4 Å². The van der Waals surface area contributed by atoms with Crippen LogP contribution in [0.1, 0.15) is 91.4 Å². The summed E-state index contributed by atoms with van der Waals surface area (Å²) in [5, 5.41) is 14.6. The Labute approximate surface area is 153 Å². The zero-order chi connectivity index (χ0) is 18.3. The molecule has 150 valence electrons. The van der Waals surface area contributed by atoms with E-state index < -0.39 is 5.97 Å². The largest absolute Gasteiger partial charge is 0.480 e. The van der Waals surface area contributed by atoms with E-state index in [4.69, 9.17) is 5.11 Å². The molecule has 0 bridgehead atoms. The van der Waals surface area contributed by atoms with Crippen molar-refractivity contribution < 1.29 is 20.2 Å². The minimum Gasteiger partial charge on any atom is -0.480 e. The van der Waals surface area contributed by atoms with E-state index in [9.17, 15) is 9.59 Å². The highest BCUT2D eigenvalue weighted by Gasteiger charge is 2.17. The van der Waals surface area contributed by atoms with Crippen LogP contribution in [0.3, 0.4) is 0 Å². The highest BCUT2D eigenvalue weighted by molar-refractivity contribution is 5.75. The second-order valence-corrected chi connectivity index (χ2v) is 7.31. The molecule has 25 heavy (non-hydrogen) atoms. The van der Waals surface area contributed by atoms with Gasteiger partial charge in [-0.2, -0.15) is 0 Å². The van der Waals surface area contributed by atoms with E-state index in [1.54, 1.807) is 0 Å². The van der Waals surface area contributed by atoms with Crippen molar-refractivity contribution in [2.75, 3.05) is 13.1 Å². The Bertz CT molecular complexity index is 346. The van der Waals surface area contributed by atoms with Gasteiger partial charge in [-0.05, 0) is 26.7 Å². The number of carbonyl (C=O) groups excluding carboxylic acids is 1. The number of aliphatic carboxylic acids is 1. The first kappa shape index (κ1) is 26.1. The third-order valence-corrected chi connectivity index (χ3v) is 4.30. The molecule has 0 aliphatic carbocycles. The van der Waals surface area contributed by atoms with Crippen molar-refractivity contribution in [2.24, 2.45) is 0 Å². The van der Waals surface area contributed by atoms with Gasteiger partial charge >= 0.3 is 5.97 Å². The summed E-state index contributed by atoms with van der Waals surface area (Å²) < 4.78 is 0. The average molecular weight is 361 g/mol. The lowest BCUT2D eigenvalue weighted by Crippen LogP contribution is -2.44. The molecule has 0 aromatic carbocycles. The summed E-state index contributed by atoms with van der Waals surface area (Å²) in [6, 6.07) is 0. The van der Waals surface area contributed by atoms with E-state index in [1.807, 2.05) is 13.8 Å². The van der Waals surface area contributed by atoms with Crippen LogP contribution in [0.15, 0.2) is 0 Å². The van der Waals surface area contributed by atoms with Gasteiger partial charge in [0.05, 0.1) is 6.54 Å². The normalized spacial score (nSPS) is 11.0. The van der Waals surface area contributed by atoms with Gasteiger partial charge in [0.2, 0.25) is 5.91 Å². The topological polar surface area (TPSA) is 110 Å². The molecular weight excluding hydrogens is 320 g/mol. The van der Waals surface area contributed by atoms with Crippen molar-refractivity contribution >= 4 is 11.9 Å². The van der Waals surface area contributed by atoms with E-state index in [2.05, 4.69) is 17.6 Å². The van der Waals surface area contributed by atoms with Gasteiger partial charge in [-0.25, -0.2) is 0 Å². The number of carboxylic acids is 1. The lowest BCUT2D eigenvalue weighted by atomic mass is 10.0. The molecule has 0 radical (unpaired) electrons. The summed E-state index contributed by atoms with van der Waals surface area (Å²) >= 11 is 0. The second-order valence-electron chi connectivity index (χ2n) is 7.31. The first-order chi connectivity index (χ1) is 11.4. The maximum Gasteiger partial charge on any atom is 0.317 e. The molecule has 0 unspecified atom stereocenters. The predicted octanol–water partition coefficient (Wildman–Crippen LogP) is 3.04. The van der Waals surface area contributed by atoms with E-state index in [0.717, 1.165) is 12.8 Å². The van der Waals surface area contributed by atoms with Gasteiger partial charge in [0.25, 0.3) is 0 Å². The lowest BCUT2D eigenvalue weighted by Gasteiger charge is -2.25. The molecular formula is C19H40N2O4. The fourth-order valence-corrected chi connectivity index (χ4v) is 2.60. The Morgan fingerprint density at radius 3 is 1.96 bits per heavy atom. The van der Waals surface area contributed by atoms with Crippen LogP contribution in [0.2, 0.25) is 0 Å². The number of nitrogens with one attached hydrogen (secondary N) is 2. The molecule has 0 aliphatic heterocycles. The number of amides is 1. The number of unbranched alkanes of at least 4 members (excludes halogenated alkanes) is 8. The third-order valence-electron chi connectivity index (χ3n) is 4.30. The molecule has 0 rings (SSSR count). The number of carboxylic acid groups (broad SMARTS) is 1. The zero-order valence-corrected chi connectivity index (χ0v) is 16.5. The third kappa shape index (κ3) is 19.0. The summed E-state index contributed by atoms with van der Waals surface area (Å²) in [4.78, 5) is 22.3. The van der Waals surface area contributed by atoms with Gasteiger partial charge in [0, 0.05) is 18.5 Å². The van der Waals surface area contributed by atoms with Crippen molar-refractivity contribution in [3.8, 4) is 0 Å². The Morgan fingerprint density at radius 2 is 1.44 bits per heavy atom. The zero-order valence-electron chi connectivity index (χ0n) is 16.5. The lowest BCUT2D eigenvalue weighted by molar-refractivity contribution is -0.136. The van der Waals surface area contributed by atoms with Crippen LogP contribution in [0.25, 0.3) is 0 Å². The van der Waals surface area contributed by atoms with Gasteiger partial charge in [-0.3, -0.25) is 9.59 Å². The summed E-state index contributed by atoms with van der Waals surface area (Å²) in [6.45, 7) is 6.65.